The number of anilines is 1. The van der Waals surface area contributed by atoms with Gasteiger partial charge in [0.1, 0.15) is 11.4 Å². The van der Waals surface area contributed by atoms with Crippen LogP contribution in [0.2, 0.25) is 5.02 Å². The van der Waals surface area contributed by atoms with E-state index in [2.05, 4.69) is 20.1 Å². The number of benzene rings is 1. The van der Waals surface area contributed by atoms with Crippen LogP contribution in [0.3, 0.4) is 0 Å². The first-order valence-electron chi connectivity index (χ1n) is 10.9. The Hall–Kier alpha value is -2.95. The van der Waals surface area contributed by atoms with Crippen molar-refractivity contribution in [2.75, 3.05) is 11.8 Å². The van der Waals surface area contributed by atoms with E-state index in [0.29, 0.717) is 17.2 Å². The van der Waals surface area contributed by atoms with E-state index in [0.717, 1.165) is 5.56 Å². The van der Waals surface area contributed by atoms with Crippen molar-refractivity contribution in [1.82, 2.24) is 20.1 Å². The minimum atomic E-state index is -4.07. The van der Waals surface area contributed by atoms with Crippen LogP contribution in [0.5, 0.6) is 0 Å². The molecule has 2 aromatic heterocycles. The summed E-state index contributed by atoms with van der Waals surface area (Å²) in [5.74, 6) is -0.455. The van der Waals surface area contributed by atoms with Crippen LogP contribution < -0.4 is 10.0 Å². The van der Waals surface area contributed by atoms with Crippen molar-refractivity contribution in [3.63, 3.8) is 0 Å². The molecule has 3 aromatic rings. The van der Waals surface area contributed by atoms with E-state index in [-0.39, 0.29) is 33.4 Å². The molecule has 0 radical (unpaired) electrons. The Bertz CT molecular complexity index is 1310. The molecule has 11 heteroatoms. The standard InChI is InChI=1S/C24H30ClN5O4S/c1-15(24(2,3)4)27-23(31)22-21(29-35(32,33)19-9-7-18(25)8-10-19)20(28-30(22)5)17-11-16(14-34-6)12-26-13-17/h7-13,15,29H,14H2,1-6H3,(H,27,31). The van der Waals surface area contributed by atoms with Gasteiger partial charge in [0.15, 0.2) is 5.69 Å². The summed E-state index contributed by atoms with van der Waals surface area (Å²) in [5.41, 5.74) is 1.49. The summed E-state index contributed by atoms with van der Waals surface area (Å²) < 4.78 is 35.7. The first kappa shape index (κ1) is 26.7. The summed E-state index contributed by atoms with van der Waals surface area (Å²) >= 11 is 5.92. The molecular weight excluding hydrogens is 490 g/mol. The number of aryl methyl sites for hydroxylation is 1. The summed E-state index contributed by atoms with van der Waals surface area (Å²) in [6.07, 6.45) is 3.20. The van der Waals surface area contributed by atoms with Crippen LogP contribution in [0.15, 0.2) is 47.6 Å². The van der Waals surface area contributed by atoms with E-state index in [1.54, 1.807) is 32.6 Å². The van der Waals surface area contributed by atoms with Crippen molar-refractivity contribution in [2.24, 2.45) is 12.5 Å². The number of methoxy groups -OCH3 is 1. The van der Waals surface area contributed by atoms with Crippen LogP contribution in [0.25, 0.3) is 11.3 Å². The number of amides is 1. The molecule has 1 atom stereocenters. The topological polar surface area (TPSA) is 115 Å². The van der Waals surface area contributed by atoms with Crippen molar-refractivity contribution >= 4 is 33.2 Å². The fourth-order valence-corrected chi connectivity index (χ4v) is 4.43. The number of nitrogens with zero attached hydrogens (tertiary/aromatic N) is 3. The van der Waals surface area contributed by atoms with Gasteiger partial charge in [-0.2, -0.15) is 5.10 Å². The number of ether oxygens (including phenoxy) is 1. The number of carbonyl (C=O) groups excluding carboxylic acids is 1. The second kappa shape index (κ2) is 10.3. The summed E-state index contributed by atoms with van der Waals surface area (Å²) in [4.78, 5) is 17.6. The van der Waals surface area contributed by atoms with Gasteiger partial charge in [0.05, 0.1) is 11.5 Å². The van der Waals surface area contributed by atoms with Crippen molar-refractivity contribution in [2.45, 2.75) is 45.2 Å². The van der Waals surface area contributed by atoms with Crippen molar-refractivity contribution in [3.05, 3.63) is 59.0 Å². The van der Waals surface area contributed by atoms with Gasteiger partial charge in [-0.15, -0.1) is 0 Å². The highest BCUT2D eigenvalue weighted by molar-refractivity contribution is 7.92. The third kappa shape index (κ3) is 6.19. The zero-order valence-corrected chi connectivity index (χ0v) is 22.2. The van der Waals surface area contributed by atoms with E-state index >= 15 is 0 Å². The quantitative estimate of drug-likeness (QED) is 0.459. The molecule has 0 aliphatic heterocycles. The van der Waals surface area contributed by atoms with Gasteiger partial charge in [-0.25, -0.2) is 8.42 Å². The lowest BCUT2D eigenvalue weighted by Gasteiger charge is -2.28. The van der Waals surface area contributed by atoms with Gasteiger partial charge in [-0.3, -0.25) is 19.2 Å². The highest BCUT2D eigenvalue weighted by Crippen LogP contribution is 2.33. The first-order valence-corrected chi connectivity index (χ1v) is 12.8. The Labute approximate surface area is 210 Å². The maximum atomic E-state index is 13.4. The largest absolute Gasteiger partial charge is 0.380 e. The van der Waals surface area contributed by atoms with Gasteiger partial charge in [-0.05, 0) is 48.2 Å². The lowest BCUT2D eigenvalue weighted by molar-refractivity contribution is 0.0901. The number of carbonyl (C=O) groups is 1. The molecule has 0 saturated carbocycles. The highest BCUT2D eigenvalue weighted by Gasteiger charge is 2.30. The van der Waals surface area contributed by atoms with E-state index in [1.165, 1.54) is 28.9 Å². The predicted molar refractivity (Wildman–Crippen MR) is 136 cm³/mol. The Kier molecular flexibility index (Phi) is 7.88. The second-order valence-electron chi connectivity index (χ2n) is 9.33. The van der Waals surface area contributed by atoms with Gasteiger partial charge in [-0.1, -0.05) is 32.4 Å². The number of hydrogen-bond donors (Lipinski definition) is 2. The summed E-state index contributed by atoms with van der Waals surface area (Å²) in [6, 6.07) is 7.35. The SMILES string of the molecule is COCc1cncc(-c2nn(C)c(C(=O)NC(C)C(C)(C)C)c2NS(=O)(=O)c2ccc(Cl)cc2)c1. The van der Waals surface area contributed by atoms with E-state index in [1.807, 2.05) is 27.7 Å². The van der Waals surface area contributed by atoms with Crippen molar-refractivity contribution < 1.29 is 17.9 Å². The third-order valence-corrected chi connectivity index (χ3v) is 7.27. The van der Waals surface area contributed by atoms with Gasteiger partial charge in [0.2, 0.25) is 0 Å². The van der Waals surface area contributed by atoms with Crippen LogP contribution in [-0.2, 0) is 28.4 Å². The zero-order valence-electron chi connectivity index (χ0n) is 20.6. The number of aromatic nitrogens is 3. The van der Waals surface area contributed by atoms with Crippen LogP contribution in [0, 0.1) is 5.41 Å². The van der Waals surface area contributed by atoms with Crippen LogP contribution in [-0.4, -0.2) is 42.2 Å². The average Bonchev–Trinajstić information content (AvgIpc) is 3.09. The smallest absolute Gasteiger partial charge is 0.271 e. The molecule has 3 rings (SSSR count). The second-order valence-corrected chi connectivity index (χ2v) is 11.5. The van der Waals surface area contributed by atoms with Gasteiger partial charge >= 0.3 is 0 Å². The van der Waals surface area contributed by atoms with Crippen molar-refractivity contribution in [1.29, 1.82) is 0 Å². The molecule has 188 valence electrons. The minimum Gasteiger partial charge on any atom is -0.380 e. The molecule has 0 aliphatic carbocycles. The van der Waals surface area contributed by atoms with Crippen LogP contribution >= 0.6 is 11.6 Å². The van der Waals surface area contributed by atoms with E-state index < -0.39 is 15.9 Å². The predicted octanol–water partition coefficient (Wildman–Crippen LogP) is 4.25. The molecular formula is C24H30ClN5O4S. The molecule has 9 nitrogen and oxygen atoms in total. The summed E-state index contributed by atoms with van der Waals surface area (Å²) in [7, 11) is -0.910. The van der Waals surface area contributed by atoms with E-state index in [9.17, 15) is 13.2 Å². The molecule has 0 saturated heterocycles. The van der Waals surface area contributed by atoms with E-state index in [4.69, 9.17) is 16.3 Å². The number of nitrogens with one attached hydrogen (secondary N) is 2. The highest BCUT2D eigenvalue weighted by atomic mass is 35.5. The minimum absolute atomic E-state index is 0.00243. The van der Waals surface area contributed by atoms with Crippen LogP contribution in [0.1, 0.15) is 43.7 Å². The Morgan fingerprint density at radius 2 is 1.86 bits per heavy atom. The fraction of sp³-hybridized carbons (Fsp3) is 0.375. The molecule has 1 amide bonds. The van der Waals surface area contributed by atoms with Crippen molar-refractivity contribution in [3.8, 4) is 11.3 Å². The number of halogens is 1. The molecule has 0 aliphatic rings. The van der Waals surface area contributed by atoms with Crippen LogP contribution in [0.4, 0.5) is 5.69 Å². The average molecular weight is 520 g/mol. The monoisotopic (exact) mass is 519 g/mol. The zero-order chi connectivity index (χ0) is 26.0. The molecule has 35 heavy (non-hydrogen) atoms. The van der Waals surface area contributed by atoms with Gasteiger partial charge in [0.25, 0.3) is 15.9 Å². The molecule has 1 unspecified atom stereocenters. The lowest BCUT2D eigenvalue weighted by Crippen LogP contribution is -2.42. The summed E-state index contributed by atoms with van der Waals surface area (Å²) in [5, 5.41) is 7.86. The number of sulfonamides is 1. The maximum Gasteiger partial charge on any atom is 0.271 e. The molecule has 1 aromatic carbocycles. The Morgan fingerprint density at radius 1 is 1.20 bits per heavy atom. The third-order valence-electron chi connectivity index (χ3n) is 5.65. The maximum absolute atomic E-state index is 13.4. The number of rotatable bonds is 8. The lowest BCUT2D eigenvalue weighted by atomic mass is 9.88. The molecule has 0 bridgehead atoms. The molecule has 2 N–H and O–H groups in total. The van der Waals surface area contributed by atoms with Gasteiger partial charge in [0, 0.05) is 43.2 Å². The summed E-state index contributed by atoms with van der Waals surface area (Å²) in [6.45, 7) is 8.22. The molecule has 2 heterocycles. The molecule has 0 spiro atoms. The fourth-order valence-electron chi connectivity index (χ4n) is 3.23. The Balaban J connectivity index is 2.14. The number of hydrogen-bond acceptors (Lipinski definition) is 6. The number of pyridine rings is 1. The normalized spacial score (nSPS) is 12.9. The first-order chi connectivity index (χ1) is 16.3. The Morgan fingerprint density at radius 3 is 2.46 bits per heavy atom. The molecule has 0 fully saturated rings. The van der Waals surface area contributed by atoms with Gasteiger partial charge < -0.3 is 10.1 Å².